The van der Waals surface area contributed by atoms with Crippen LogP contribution in [-0.4, -0.2) is 31.6 Å². The van der Waals surface area contributed by atoms with E-state index in [1.165, 1.54) is 12.0 Å². The van der Waals surface area contributed by atoms with Gasteiger partial charge in [0.2, 0.25) is 0 Å². The van der Waals surface area contributed by atoms with E-state index in [2.05, 4.69) is 45.0 Å². The maximum Gasteiger partial charge on any atom is 0.330 e. The lowest BCUT2D eigenvalue weighted by atomic mass is 9.64. The van der Waals surface area contributed by atoms with E-state index in [1.54, 1.807) is 6.08 Å². The number of hydrogen-bond acceptors (Lipinski definition) is 4. The Bertz CT molecular complexity index is 637. The van der Waals surface area contributed by atoms with Crippen LogP contribution in [0.5, 0.6) is 0 Å². The molecule has 1 aliphatic rings. The van der Waals surface area contributed by atoms with Crippen LogP contribution in [0.4, 0.5) is 0 Å². The molecule has 1 aromatic carbocycles. The summed E-state index contributed by atoms with van der Waals surface area (Å²) in [5.41, 5.74) is 1.26. The van der Waals surface area contributed by atoms with E-state index in [4.69, 9.17) is 14.2 Å². The summed E-state index contributed by atoms with van der Waals surface area (Å²) < 4.78 is 16.8. The maximum atomic E-state index is 12.5. The van der Waals surface area contributed by atoms with Crippen LogP contribution in [0.3, 0.4) is 0 Å². The molecule has 1 saturated carbocycles. The predicted molar refractivity (Wildman–Crippen MR) is 117 cm³/mol. The van der Waals surface area contributed by atoms with E-state index in [9.17, 15) is 4.79 Å². The van der Waals surface area contributed by atoms with Gasteiger partial charge < -0.3 is 14.2 Å². The quantitative estimate of drug-likeness (QED) is 0.219. The first-order valence-electron chi connectivity index (χ1n) is 11.0. The molecule has 2 rings (SSSR count). The normalized spacial score (nSPS) is 23.8. The number of carbonyl (C=O) groups excluding carboxylic acids is 1. The molecule has 0 aliphatic heterocycles. The average Bonchev–Trinajstić information content (AvgIpc) is 2.68. The van der Waals surface area contributed by atoms with E-state index in [-0.39, 0.29) is 23.8 Å². The second-order valence-electron chi connectivity index (χ2n) is 8.67. The van der Waals surface area contributed by atoms with Gasteiger partial charge in [-0.3, -0.25) is 0 Å². The third-order valence-electron chi connectivity index (χ3n) is 6.06. The maximum absolute atomic E-state index is 12.5. The van der Waals surface area contributed by atoms with Crippen LogP contribution in [0.15, 0.2) is 42.5 Å². The Morgan fingerprint density at radius 3 is 2.62 bits per heavy atom. The smallest absolute Gasteiger partial charge is 0.330 e. The van der Waals surface area contributed by atoms with Crippen LogP contribution < -0.4 is 0 Å². The first-order valence-corrected chi connectivity index (χ1v) is 11.0. The molecule has 1 unspecified atom stereocenters. The molecule has 162 valence electrons. The van der Waals surface area contributed by atoms with E-state index >= 15 is 0 Å². The minimum atomic E-state index is -0.254. The second-order valence-corrected chi connectivity index (χ2v) is 8.67. The SMILES string of the molecule is CCOC(C)OCC/C=C/C(=O)O[C@@H]1C[C@H](C)CC[C@H]1C(C)(C)c1ccccc1. The number of hydrogen-bond donors (Lipinski definition) is 0. The van der Waals surface area contributed by atoms with E-state index in [0.717, 1.165) is 12.8 Å². The number of esters is 1. The molecule has 4 heteroatoms. The zero-order valence-corrected chi connectivity index (χ0v) is 18.7. The second kappa shape index (κ2) is 11.5. The topological polar surface area (TPSA) is 44.8 Å². The van der Waals surface area contributed by atoms with Gasteiger partial charge in [0.05, 0.1) is 6.61 Å². The van der Waals surface area contributed by atoms with Crippen molar-refractivity contribution in [3.8, 4) is 0 Å². The van der Waals surface area contributed by atoms with Crippen LogP contribution in [0.25, 0.3) is 0 Å². The zero-order valence-electron chi connectivity index (χ0n) is 18.7. The Labute approximate surface area is 176 Å². The van der Waals surface area contributed by atoms with E-state index in [1.807, 2.05) is 26.0 Å². The molecule has 0 N–H and O–H groups in total. The molecule has 0 radical (unpaired) electrons. The van der Waals surface area contributed by atoms with Crippen molar-refractivity contribution in [3.63, 3.8) is 0 Å². The highest BCUT2D eigenvalue weighted by molar-refractivity contribution is 5.82. The Balaban J connectivity index is 1.93. The summed E-state index contributed by atoms with van der Waals surface area (Å²) in [5.74, 6) is 0.637. The average molecular weight is 403 g/mol. The fraction of sp³-hybridized carbons (Fsp3) is 0.640. The van der Waals surface area contributed by atoms with Crippen LogP contribution >= 0.6 is 0 Å². The number of ether oxygens (including phenoxy) is 3. The minimum Gasteiger partial charge on any atom is -0.459 e. The van der Waals surface area contributed by atoms with Gasteiger partial charge in [-0.15, -0.1) is 0 Å². The van der Waals surface area contributed by atoms with Crippen LogP contribution in [0.2, 0.25) is 0 Å². The van der Waals surface area contributed by atoms with Gasteiger partial charge in [0.15, 0.2) is 6.29 Å². The standard InChI is InChI=1S/C25H38O4/c1-6-27-20(3)28-17-11-10-14-24(26)29-23-18-19(2)15-16-22(23)25(4,5)21-12-8-7-9-13-21/h7-10,12-14,19-20,22-23H,6,11,15-18H2,1-5H3/b14-10+/t19-,20?,22-,23-/m1/s1. The lowest BCUT2D eigenvalue weighted by Gasteiger charge is -2.43. The van der Waals surface area contributed by atoms with Crippen LogP contribution in [-0.2, 0) is 24.4 Å². The summed E-state index contributed by atoms with van der Waals surface area (Å²) in [7, 11) is 0. The van der Waals surface area contributed by atoms with Crippen LogP contribution in [0.1, 0.15) is 65.9 Å². The summed E-state index contributed by atoms with van der Waals surface area (Å²) in [6.45, 7) is 11.8. The fourth-order valence-corrected chi connectivity index (χ4v) is 4.32. The molecule has 1 aromatic rings. The first kappa shape index (κ1) is 23.6. The molecule has 0 spiro atoms. The lowest BCUT2D eigenvalue weighted by Crippen LogP contribution is -2.43. The van der Waals surface area contributed by atoms with Gasteiger partial charge in [0, 0.05) is 18.6 Å². The minimum absolute atomic E-state index is 0.0423. The third kappa shape index (κ3) is 7.27. The molecule has 0 bridgehead atoms. The first-order chi connectivity index (χ1) is 13.8. The molecule has 0 saturated heterocycles. The Kier molecular flexibility index (Phi) is 9.38. The Morgan fingerprint density at radius 2 is 1.93 bits per heavy atom. The molecule has 0 heterocycles. The molecule has 4 atom stereocenters. The van der Waals surface area contributed by atoms with Crippen molar-refractivity contribution < 1.29 is 19.0 Å². The largest absolute Gasteiger partial charge is 0.459 e. The molecule has 1 aliphatic carbocycles. The van der Waals surface area contributed by atoms with Gasteiger partial charge >= 0.3 is 5.97 Å². The zero-order chi connectivity index (χ0) is 21.3. The molecular weight excluding hydrogens is 364 g/mol. The molecule has 4 nitrogen and oxygen atoms in total. The summed E-state index contributed by atoms with van der Waals surface area (Å²) in [6.07, 6.45) is 6.94. The monoisotopic (exact) mass is 402 g/mol. The summed E-state index contributed by atoms with van der Waals surface area (Å²) in [4.78, 5) is 12.5. The van der Waals surface area contributed by atoms with Gasteiger partial charge in [0.25, 0.3) is 0 Å². The lowest BCUT2D eigenvalue weighted by molar-refractivity contribution is -0.150. The molecule has 0 amide bonds. The molecule has 0 aromatic heterocycles. The fourth-order valence-electron chi connectivity index (χ4n) is 4.32. The predicted octanol–water partition coefficient (Wildman–Crippen LogP) is 5.66. The van der Waals surface area contributed by atoms with Crippen molar-refractivity contribution in [3.05, 3.63) is 48.0 Å². The van der Waals surface area contributed by atoms with Crippen molar-refractivity contribution in [1.82, 2.24) is 0 Å². The summed E-state index contributed by atoms with van der Waals surface area (Å²) in [6, 6.07) is 10.6. The molecule has 29 heavy (non-hydrogen) atoms. The van der Waals surface area contributed by atoms with Gasteiger partial charge in [-0.1, -0.05) is 63.6 Å². The van der Waals surface area contributed by atoms with Crippen LogP contribution in [0, 0.1) is 11.8 Å². The number of rotatable bonds is 10. The van der Waals surface area contributed by atoms with E-state index < -0.39 is 0 Å². The van der Waals surface area contributed by atoms with Gasteiger partial charge in [0.1, 0.15) is 6.10 Å². The van der Waals surface area contributed by atoms with Gasteiger partial charge in [-0.25, -0.2) is 4.79 Å². The van der Waals surface area contributed by atoms with Crippen molar-refractivity contribution in [2.45, 2.75) is 78.1 Å². The molecular formula is C25H38O4. The van der Waals surface area contributed by atoms with Crippen molar-refractivity contribution in [2.75, 3.05) is 13.2 Å². The van der Waals surface area contributed by atoms with Crippen molar-refractivity contribution in [2.24, 2.45) is 11.8 Å². The molecule has 1 fully saturated rings. The Hall–Kier alpha value is -1.65. The Morgan fingerprint density at radius 1 is 1.21 bits per heavy atom. The van der Waals surface area contributed by atoms with Crippen molar-refractivity contribution in [1.29, 1.82) is 0 Å². The highest BCUT2D eigenvalue weighted by Gasteiger charge is 2.41. The third-order valence-corrected chi connectivity index (χ3v) is 6.06. The number of carbonyl (C=O) groups is 1. The van der Waals surface area contributed by atoms with E-state index in [0.29, 0.717) is 31.5 Å². The summed E-state index contributed by atoms with van der Waals surface area (Å²) >= 11 is 0. The highest BCUT2D eigenvalue weighted by atomic mass is 16.7. The van der Waals surface area contributed by atoms with Crippen molar-refractivity contribution >= 4 is 5.97 Å². The van der Waals surface area contributed by atoms with Gasteiger partial charge in [-0.2, -0.15) is 0 Å². The highest BCUT2D eigenvalue weighted by Crippen LogP contribution is 2.43. The number of benzene rings is 1. The summed E-state index contributed by atoms with van der Waals surface area (Å²) in [5, 5.41) is 0. The van der Waals surface area contributed by atoms with Gasteiger partial charge in [-0.05, 0) is 50.0 Å².